The fraction of sp³-hybridized carbons (Fsp3) is 0.361. The van der Waals surface area contributed by atoms with E-state index in [1.165, 1.54) is 10.5 Å². The number of aromatic nitrogens is 1. The van der Waals surface area contributed by atoms with Gasteiger partial charge in [-0.05, 0) is 61.6 Å². The smallest absolute Gasteiger partial charge is 0.325 e. The van der Waals surface area contributed by atoms with Crippen molar-refractivity contribution in [2.45, 2.75) is 57.9 Å². The number of hydrogen-bond acceptors (Lipinski definition) is 6. The van der Waals surface area contributed by atoms with Crippen molar-refractivity contribution >= 4 is 22.8 Å². The van der Waals surface area contributed by atoms with Crippen LogP contribution in [-0.4, -0.2) is 48.2 Å². The third kappa shape index (κ3) is 6.07. The number of nitrogens with zero attached hydrogens (tertiary/aromatic N) is 2. The van der Waals surface area contributed by atoms with Gasteiger partial charge in [-0.3, -0.25) is 14.7 Å². The summed E-state index contributed by atoms with van der Waals surface area (Å²) in [6, 6.07) is 21.7. The van der Waals surface area contributed by atoms with Crippen molar-refractivity contribution in [1.82, 2.24) is 15.2 Å². The van der Waals surface area contributed by atoms with Gasteiger partial charge in [-0.25, -0.2) is 4.79 Å². The SMILES string of the molecule is Cc1cccc2c(OCCCCCCCN3C(=O)NC(C)(c4ccc5c(c4)OCCO5)C3=O)c(Cc3ccccc3)cnc12. The zero-order chi connectivity index (χ0) is 30.5. The number of aryl methyl sites for hydroxylation is 1. The Balaban J connectivity index is 0.986. The molecule has 4 aromatic rings. The summed E-state index contributed by atoms with van der Waals surface area (Å²) in [6.45, 7) is 5.80. The molecule has 1 unspecified atom stereocenters. The van der Waals surface area contributed by atoms with E-state index in [0.29, 0.717) is 43.4 Å². The molecule has 1 N–H and O–H groups in total. The molecule has 44 heavy (non-hydrogen) atoms. The molecule has 1 atom stereocenters. The molecule has 0 bridgehead atoms. The van der Waals surface area contributed by atoms with Crippen molar-refractivity contribution in [3.8, 4) is 17.2 Å². The number of urea groups is 1. The van der Waals surface area contributed by atoms with Crippen LogP contribution in [0.25, 0.3) is 10.9 Å². The number of ether oxygens (including phenoxy) is 3. The van der Waals surface area contributed by atoms with Crippen LogP contribution in [0.3, 0.4) is 0 Å². The highest BCUT2D eigenvalue weighted by atomic mass is 16.6. The van der Waals surface area contributed by atoms with E-state index in [0.717, 1.165) is 66.3 Å². The monoisotopic (exact) mass is 593 g/mol. The first-order valence-corrected chi connectivity index (χ1v) is 15.5. The van der Waals surface area contributed by atoms with Gasteiger partial charge in [0.1, 0.15) is 24.5 Å². The number of carbonyl (C=O) groups excluding carboxylic acids is 2. The van der Waals surface area contributed by atoms with Crippen molar-refractivity contribution in [1.29, 1.82) is 0 Å². The highest BCUT2D eigenvalue weighted by molar-refractivity contribution is 6.07. The summed E-state index contributed by atoms with van der Waals surface area (Å²) >= 11 is 0. The minimum atomic E-state index is -1.13. The third-order valence-corrected chi connectivity index (χ3v) is 8.53. The summed E-state index contributed by atoms with van der Waals surface area (Å²) in [5.41, 5.74) is 3.99. The molecule has 8 nitrogen and oxygen atoms in total. The molecule has 228 valence electrons. The third-order valence-electron chi connectivity index (χ3n) is 8.53. The Hall–Kier alpha value is -4.59. The van der Waals surface area contributed by atoms with Crippen molar-refractivity contribution < 1.29 is 23.8 Å². The van der Waals surface area contributed by atoms with Crippen LogP contribution in [0, 0.1) is 6.92 Å². The first-order chi connectivity index (χ1) is 21.4. The molecule has 2 aliphatic rings. The van der Waals surface area contributed by atoms with Crippen LogP contribution in [-0.2, 0) is 16.8 Å². The van der Waals surface area contributed by atoms with Gasteiger partial charge in [0.25, 0.3) is 5.91 Å². The summed E-state index contributed by atoms with van der Waals surface area (Å²) in [5, 5.41) is 3.94. The van der Waals surface area contributed by atoms with E-state index in [9.17, 15) is 9.59 Å². The van der Waals surface area contributed by atoms with Gasteiger partial charge in [-0.1, -0.05) is 67.8 Å². The highest BCUT2D eigenvalue weighted by Gasteiger charge is 2.49. The minimum Gasteiger partial charge on any atom is -0.493 e. The predicted octanol–water partition coefficient (Wildman–Crippen LogP) is 6.70. The van der Waals surface area contributed by atoms with Gasteiger partial charge < -0.3 is 19.5 Å². The van der Waals surface area contributed by atoms with Gasteiger partial charge in [0.15, 0.2) is 11.5 Å². The van der Waals surface area contributed by atoms with Crippen molar-refractivity contribution in [3.63, 3.8) is 0 Å². The molecular formula is C36H39N3O5. The maximum absolute atomic E-state index is 13.4. The molecule has 3 amide bonds. The van der Waals surface area contributed by atoms with E-state index in [1.807, 2.05) is 18.3 Å². The number of amides is 3. The maximum Gasteiger partial charge on any atom is 0.325 e. The Morgan fingerprint density at radius 3 is 2.52 bits per heavy atom. The number of fused-ring (bicyclic) bond motifs is 2. The van der Waals surface area contributed by atoms with E-state index < -0.39 is 5.54 Å². The average molecular weight is 594 g/mol. The largest absolute Gasteiger partial charge is 0.493 e. The first kappa shape index (κ1) is 29.5. The van der Waals surface area contributed by atoms with Crippen LogP contribution >= 0.6 is 0 Å². The van der Waals surface area contributed by atoms with Crippen molar-refractivity contribution in [2.75, 3.05) is 26.4 Å². The van der Waals surface area contributed by atoms with E-state index in [2.05, 4.69) is 54.7 Å². The lowest BCUT2D eigenvalue weighted by Gasteiger charge is -2.25. The number of hydrogen-bond donors (Lipinski definition) is 1. The van der Waals surface area contributed by atoms with Crippen LogP contribution in [0.1, 0.15) is 61.3 Å². The molecule has 6 rings (SSSR count). The Morgan fingerprint density at radius 1 is 0.909 bits per heavy atom. The van der Waals surface area contributed by atoms with Gasteiger partial charge in [-0.15, -0.1) is 0 Å². The molecule has 0 radical (unpaired) electrons. The normalized spacial score (nSPS) is 17.6. The molecule has 0 aliphatic carbocycles. The second kappa shape index (κ2) is 13.0. The lowest BCUT2D eigenvalue weighted by atomic mass is 9.91. The summed E-state index contributed by atoms with van der Waals surface area (Å²) < 4.78 is 17.7. The number of carbonyl (C=O) groups is 2. The number of unbranched alkanes of at least 4 members (excludes halogenated alkanes) is 4. The van der Waals surface area contributed by atoms with Gasteiger partial charge in [0.05, 0.1) is 12.1 Å². The first-order valence-electron chi connectivity index (χ1n) is 15.5. The zero-order valence-electron chi connectivity index (χ0n) is 25.4. The number of rotatable bonds is 12. The maximum atomic E-state index is 13.4. The van der Waals surface area contributed by atoms with Crippen LogP contribution in [0.5, 0.6) is 17.2 Å². The quantitative estimate of drug-likeness (QED) is 0.145. The second-order valence-electron chi connectivity index (χ2n) is 11.7. The Bertz CT molecular complexity index is 1660. The van der Waals surface area contributed by atoms with E-state index in [4.69, 9.17) is 19.2 Å². The summed E-state index contributed by atoms with van der Waals surface area (Å²) in [4.78, 5) is 32.2. The zero-order valence-corrected chi connectivity index (χ0v) is 25.4. The lowest BCUT2D eigenvalue weighted by Crippen LogP contribution is -2.41. The van der Waals surface area contributed by atoms with E-state index in [-0.39, 0.29) is 11.9 Å². The standard InChI is InChI=1S/C36H39N3O5/c1-25-12-11-15-29-32(25)37-24-27(22-26-13-7-6-8-14-26)33(29)44-19-10-5-3-4-9-18-39-34(40)36(2,38-35(39)41)28-16-17-30-31(23-28)43-21-20-42-30/h6-8,11-17,23-24H,3-5,9-10,18-22H2,1-2H3,(H,38,41). The van der Waals surface area contributed by atoms with E-state index >= 15 is 0 Å². The van der Waals surface area contributed by atoms with Gasteiger partial charge >= 0.3 is 6.03 Å². The van der Waals surface area contributed by atoms with Crippen LogP contribution in [0.4, 0.5) is 4.79 Å². The number of para-hydroxylation sites is 1. The Labute approximate surface area is 258 Å². The fourth-order valence-electron chi connectivity index (χ4n) is 6.03. The lowest BCUT2D eigenvalue weighted by molar-refractivity contribution is -0.131. The molecule has 1 saturated heterocycles. The predicted molar refractivity (Wildman–Crippen MR) is 169 cm³/mol. The van der Waals surface area contributed by atoms with Gasteiger partial charge in [0, 0.05) is 30.1 Å². The number of benzene rings is 3. The average Bonchev–Trinajstić information content (AvgIpc) is 3.26. The molecular weight excluding hydrogens is 554 g/mol. The van der Waals surface area contributed by atoms with Crippen molar-refractivity contribution in [3.05, 3.63) is 95.2 Å². The highest BCUT2D eigenvalue weighted by Crippen LogP contribution is 2.37. The van der Waals surface area contributed by atoms with E-state index in [1.54, 1.807) is 19.1 Å². The molecule has 2 aliphatic heterocycles. The van der Waals surface area contributed by atoms with Crippen LogP contribution in [0.15, 0.2) is 72.9 Å². The number of pyridine rings is 1. The van der Waals surface area contributed by atoms with Gasteiger partial charge in [-0.2, -0.15) is 0 Å². The fourth-order valence-corrected chi connectivity index (χ4v) is 6.03. The van der Waals surface area contributed by atoms with Crippen LogP contribution < -0.4 is 19.5 Å². The molecule has 8 heteroatoms. The summed E-state index contributed by atoms with van der Waals surface area (Å²) in [5.74, 6) is 1.93. The number of imide groups is 1. The Kier molecular flexibility index (Phi) is 8.68. The van der Waals surface area contributed by atoms with Crippen LogP contribution in [0.2, 0.25) is 0 Å². The summed E-state index contributed by atoms with van der Waals surface area (Å²) in [7, 11) is 0. The van der Waals surface area contributed by atoms with Gasteiger partial charge in [0.2, 0.25) is 0 Å². The number of nitrogens with one attached hydrogen (secondary N) is 1. The molecule has 0 saturated carbocycles. The topological polar surface area (TPSA) is 90.0 Å². The molecule has 3 heterocycles. The van der Waals surface area contributed by atoms with Crippen molar-refractivity contribution in [2.24, 2.45) is 0 Å². The molecule has 1 fully saturated rings. The summed E-state index contributed by atoms with van der Waals surface area (Å²) in [6.07, 6.45) is 7.33. The Morgan fingerprint density at radius 2 is 1.68 bits per heavy atom. The molecule has 1 aromatic heterocycles. The second-order valence-corrected chi connectivity index (χ2v) is 11.7. The minimum absolute atomic E-state index is 0.237. The molecule has 3 aromatic carbocycles. The molecule has 0 spiro atoms.